The fraction of sp³-hybridized carbons (Fsp3) is 0.357. The minimum absolute atomic E-state index is 0.0171. The number of ether oxygens (including phenoxy) is 1. The van der Waals surface area contributed by atoms with Gasteiger partial charge in [-0.05, 0) is 25.5 Å². The second-order valence-electron chi connectivity index (χ2n) is 4.56. The summed E-state index contributed by atoms with van der Waals surface area (Å²) in [5.74, 6) is 1.38. The highest BCUT2D eigenvalue weighted by atomic mass is 16.5. The molecule has 5 heteroatoms. The van der Waals surface area contributed by atoms with Gasteiger partial charge in [-0.25, -0.2) is 4.68 Å². The average Bonchev–Trinajstić information content (AvgIpc) is 2.70. The highest BCUT2D eigenvalue weighted by molar-refractivity contribution is 5.36. The number of rotatable bonds is 5. The summed E-state index contributed by atoms with van der Waals surface area (Å²) < 4.78 is 7.30. The van der Waals surface area contributed by atoms with E-state index in [1.54, 1.807) is 10.7 Å². The van der Waals surface area contributed by atoms with Crippen molar-refractivity contribution < 1.29 is 9.84 Å². The summed E-state index contributed by atoms with van der Waals surface area (Å²) in [6.07, 6.45) is 0. The standard InChI is InChI=1S/C14H19N3O2/c1-10-3-4-13(11(2)7-10)19-9-12-8-14(15)17(16-12)5-6-18/h3-4,7-8,18H,5-6,9,15H2,1-2H3. The molecule has 0 fully saturated rings. The molecule has 1 aromatic heterocycles. The number of anilines is 1. The van der Waals surface area contributed by atoms with Gasteiger partial charge in [-0.15, -0.1) is 0 Å². The molecule has 0 aliphatic carbocycles. The molecule has 0 unspecified atom stereocenters. The monoisotopic (exact) mass is 261 g/mol. The number of nitrogen functional groups attached to an aromatic ring is 1. The number of nitrogens with two attached hydrogens (primary N) is 1. The van der Waals surface area contributed by atoms with Gasteiger partial charge in [0.05, 0.1) is 13.2 Å². The largest absolute Gasteiger partial charge is 0.487 e. The van der Waals surface area contributed by atoms with Gasteiger partial charge in [0.25, 0.3) is 0 Å². The van der Waals surface area contributed by atoms with Gasteiger partial charge in [-0.1, -0.05) is 17.7 Å². The summed E-state index contributed by atoms with van der Waals surface area (Å²) in [6, 6.07) is 7.81. The van der Waals surface area contributed by atoms with Gasteiger partial charge in [0.15, 0.2) is 0 Å². The molecule has 0 saturated heterocycles. The summed E-state index contributed by atoms with van der Waals surface area (Å²) in [5, 5.41) is 13.1. The van der Waals surface area contributed by atoms with E-state index in [1.807, 2.05) is 26.0 Å². The second-order valence-corrected chi connectivity index (χ2v) is 4.56. The SMILES string of the molecule is Cc1ccc(OCc2cc(N)n(CCO)n2)c(C)c1. The maximum Gasteiger partial charge on any atom is 0.132 e. The van der Waals surface area contributed by atoms with Gasteiger partial charge in [0.1, 0.15) is 23.9 Å². The molecular weight excluding hydrogens is 242 g/mol. The molecule has 0 spiro atoms. The van der Waals surface area contributed by atoms with Crippen LogP contribution in [0, 0.1) is 13.8 Å². The molecule has 3 N–H and O–H groups in total. The average molecular weight is 261 g/mol. The quantitative estimate of drug-likeness (QED) is 0.858. The van der Waals surface area contributed by atoms with Crippen LogP contribution < -0.4 is 10.5 Å². The van der Waals surface area contributed by atoms with Crippen LogP contribution in [0.3, 0.4) is 0 Å². The van der Waals surface area contributed by atoms with Crippen molar-refractivity contribution in [3.63, 3.8) is 0 Å². The Morgan fingerprint density at radius 1 is 1.32 bits per heavy atom. The Morgan fingerprint density at radius 3 is 2.79 bits per heavy atom. The lowest BCUT2D eigenvalue weighted by Crippen LogP contribution is -2.08. The van der Waals surface area contributed by atoms with Crippen LogP contribution in [0.4, 0.5) is 5.82 Å². The predicted molar refractivity (Wildman–Crippen MR) is 74.0 cm³/mol. The zero-order chi connectivity index (χ0) is 13.8. The smallest absolute Gasteiger partial charge is 0.132 e. The molecule has 0 atom stereocenters. The first-order valence-corrected chi connectivity index (χ1v) is 6.23. The number of hydrogen-bond acceptors (Lipinski definition) is 4. The first-order chi connectivity index (χ1) is 9.10. The maximum atomic E-state index is 8.88. The number of benzene rings is 1. The fourth-order valence-corrected chi connectivity index (χ4v) is 1.94. The number of aryl methyl sites for hydroxylation is 2. The van der Waals surface area contributed by atoms with Gasteiger partial charge in [-0.2, -0.15) is 5.10 Å². The number of aromatic nitrogens is 2. The molecule has 2 rings (SSSR count). The van der Waals surface area contributed by atoms with Crippen LogP contribution in [-0.4, -0.2) is 21.5 Å². The van der Waals surface area contributed by atoms with E-state index in [1.165, 1.54) is 5.56 Å². The number of aliphatic hydroxyl groups excluding tert-OH is 1. The van der Waals surface area contributed by atoms with Crippen molar-refractivity contribution in [2.75, 3.05) is 12.3 Å². The lowest BCUT2D eigenvalue weighted by Gasteiger charge is -2.08. The van der Waals surface area contributed by atoms with E-state index < -0.39 is 0 Å². The van der Waals surface area contributed by atoms with Crippen molar-refractivity contribution in [1.82, 2.24) is 9.78 Å². The topological polar surface area (TPSA) is 73.3 Å². The van der Waals surface area contributed by atoms with Crippen molar-refractivity contribution in [1.29, 1.82) is 0 Å². The van der Waals surface area contributed by atoms with Crippen LogP contribution in [-0.2, 0) is 13.2 Å². The third-order valence-corrected chi connectivity index (χ3v) is 2.88. The zero-order valence-corrected chi connectivity index (χ0v) is 11.3. The highest BCUT2D eigenvalue weighted by Gasteiger charge is 2.06. The minimum atomic E-state index is 0.0171. The van der Waals surface area contributed by atoms with Gasteiger partial charge in [0, 0.05) is 6.07 Å². The van der Waals surface area contributed by atoms with Crippen LogP contribution in [0.15, 0.2) is 24.3 Å². The highest BCUT2D eigenvalue weighted by Crippen LogP contribution is 2.20. The fourth-order valence-electron chi connectivity index (χ4n) is 1.94. The van der Waals surface area contributed by atoms with E-state index in [2.05, 4.69) is 11.2 Å². The number of hydrogen-bond donors (Lipinski definition) is 2. The van der Waals surface area contributed by atoms with Crippen LogP contribution in [0.1, 0.15) is 16.8 Å². The van der Waals surface area contributed by atoms with E-state index in [9.17, 15) is 0 Å². The number of nitrogens with zero attached hydrogens (tertiary/aromatic N) is 2. The Labute approximate surface area is 112 Å². The molecule has 19 heavy (non-hydrogen) atoms. The van der Waals surface area contributed by atoms with E-state index in [-0.39, 0.29) is 6.61 Å². The molecule has 102 valence electrons. The molecule has 0 aliphatic rings. The van der Waals surface area contributed by atoms with Crippen molar-refractivity contribution in [3.05, 3.63) is 41.1 Å². The lowest BCUT2D eigenvalue weighted by molar-refractivity contribution is 0.266. The molecule has 1 heterocycles. The van der Waals surface area contributed by atoms with Gasteiger partial charge < -0.3 is 15.6 Å². The van der Waals surface area contributed by atoms with Crippen molar-refractivity contribution in [2.24, 2.45) is 0 Å². The van der Waals surface area contributed by atoms with Crippen LogP contribution in [0.2, 0.25) is 0 Å². The van der Waals surface area contributed by atoms with Crippen LogP contribution in [0.25, 0.3) is 0 Å². The second kappa shape index (κ2) is 5.75. The van der Waals surface area contributed by atoms with Crippen molar-refractivity contribution >= 4 is 5.82 Å². The summed E-state index contributed by atoms with van der Waals surface area (Å²) in [6.45, 7) is 4.85. The molecule has 0 aliphatic heterocycles. The van der Waals surface area contributed by atoms with E-state index in [0.717, 1.165) is 17.0 Å². The Bertz CT molecular complexity index is 564. The van der Waals surface area contributed by atoms with E-state index >= 15 is 0 Å². The normalized spacial score (nSPS) is 10.7. The molecule has 0 radical (unpaired) electrons. The summed E-state index contributed by atoms with van der Waals surface area (Å²) in [4.78, 5) is 0. The zero-order valence-electron chi connectivity index (χ0n) is 11.3. The first-order valence-electron chi connectivity index (χ1n) is 6.23. The van der Waals surface area contributed by atoms with Crippen LogP contribution in [0.5, 0.6) is 5.75 Å². The molecular formula is C14H19N3O2. The Morgan fingerprint density at radius 2 is 2.11 bits per heavy atom. The van der Waals surface area contributed by atoms with Crippen molar-refractivity contribution in [3.8, 4) is 5.75 Å². The molecule has 0 saturated carbocycles. The Hall–Kier alpha value is -2.01. The van der Waals surface area contributed by atoms with Gasteiger partial charge >= 0.3 is 0 Å². The summed E-state index contributed by atoms with van der Waals surface area (Å²) in [5.41, 5.74) is 8.84. The van der Waals surface area contributed by atoms with Crippen LogP contribution >= 0.6 is 0 Å². The predicted octanol–water partition coefficient (Wildman–Crippen LogP) is 1.65. The summed E-state index contributed by atoms with van der Waals surface area (Å²) >= 11 is 0. The molecule has 0 bridgehead atoms. The number of aliphatic hydroxyl groups is 1. The van der Waals surface area contributed by atoms with Gasteiger partial charge in [0.2, 0.25) is 0 Å². The molecule has 1 aromatic carbocycles. The minimum Gasteiger partial charge on any atom is -0.487 e. The molecule has 5 nitrogen and oxygen atoms in total. The first kappa shape index (κ1) is 13.4. The molecule has 0 amide bonds. The Kier molecular flexibility index (Phi) is 4.06. The summed E-state index contributed by atoms with van der Waals surface area (Å²) in [7, 11) is 0. The maximum absolute atomic E-state index is 8.88. The van der Waals surface area contributed by atoms with E-state index in [0.29, 0.717) is 19.0 Å². The lowest BCUT2D eigenvalue weighted by atomic mass is 10.1. The molecule has 2 aromatic rings. The third kappa shape index (κ3) is 3.26. The van der Waals surface area contributed by atoms with Crippen molar-refractivity contribution in [2.45, 2.75) is 27.0 Å². The van der Waals surface area contributed by atoms with E-state index in [4.69, 9.17) is 15.6 Å². The third-order valence-electron chi connectivity index (χ3n) is 2.88. The Balaban J connectivity index is 2.04. The van der Waals surface area contributed by atoms with Gasteiger partial charge in [-0.3, -0.25) is 0 Å².